The van der Waals surface area contributed by atoms with Crippen molar-refractivity contribution >= 4 is 6.29 Å². The molecule has 0 radical (unpaired) electrons. The maximum absolute atomic E-state index is 10.0. The molecule has 0 aromatic rings. The third-order valence-corrected chi connectivity index (χ3v) is 1.82. The molecule has 0 aliphatic heterocycles. The molecule has 14 heavy (non-hydrogen) atoms. The predicted octanol–water partition coefficient (Wildman–Crippen LogP) is -4.05. The minimum atomic E-state index is -1.86. The van der Waals surface area contributed by atoms with E-state index >= 15 is 0 Å². The van der Waals surface area contributed by atoms with Crippen LogP contribution < -0.4 is 5.73 Å². The minimum Gasteiger partial charge on any atom is -0.389 e. The number of carbonyl (C=O) groups is 1. The first-order valence-electron chi connectivity index (χ1n) is 4.01. The van der Waals surface area contributed by atoms with E-state index in [9.17, 15) is 4.79 Å². The highest BCUT2D eigenvalue weighted by Crippen LogP contribution is 2.06. The van der Waals surface area contributed by atoms with Gasteiger partial charge in [0.15, 0.2) is 6.29 Å². The Morgan fingerprint density at radius 1 is 1.00 bits per heavy atom. The van der Waals surface area contributed by atoms with Crippen LogP contribution in [0.3, 0.4) is 0 Å². The number of aliphatic hydroxyl groups is 5. The fourth-order valence-electron chi connectivity index (χ4n) is 0.852. The molecular formula is C7H15NO6. The van der Waals surface area contributed by atoms with Crippen LogP contribution in [0.25, 0.3) is 0 Å². The van der Waals surface area contributed by atoms with E-state index in [1.54, 1.807) is 0 Å². The molecule has 5 unspecified atom stereocenters. The van der Waals surface area contributed by atoms with Gasteiger partial charge in [0.25, 0.3) is 0 Å². The Hall–Kier alpha value is -0.570. The summed E-state index contributed by atoms with van der Waals surface area (Å²) >= 11 is 0. The quantitative estimate of drug-likeness (QED) is 0.244. The third-order valence-electron chi connectivity index (χ3n) is 1.82. The van der Waals surface area contributed by atoms with Crippen LogP contribution in [0.4, 0.5) is 0 Å². The first-order chi connectivity index (χ1) is 6.45. The van der Waals surface area contributed by atoms with Gasteiger partial charge in [0.2, 0.25) is 0 Å². The largest absolute Gasteiger partial charge is 0.389 e. The Morgan fingerprint density at radius 3 is 1.86 bits per heavy atom. The topological polar surface area (TPSA) is 144 Å². The Bertz CT molecular complexity index is 178. The smallest absolute Gasteiger partial charge is 0.151 e. The molecular weight excluding hydrogens is 194 g/mol. The van der Waals surface area contributed by atoms with Gasteiger partial charge < -0.3 is 36.1 Å². The lowest BCUT2D eigenvalue weighted by atomic mass is 10.00. The van der Waals surface area contributed by atoms with Gasteiger partial charge in [-0.25, -0.2) is 0 Å². The zero-order valence-electron chi connectivity index (χ0n) is 7.39. The van der Waals surface area contributed by atoms with Gasteiger partial charge >= 0.3 is 0 Å². The van der Waals surface area contributed by atoms with E-state index in [0.717, 1.165) is 0 Å². The Morgan fingerprint density at radius 2 is 1.50 bits per heavy atom. The van der Waals surface area contributed by atoms with Crippen molar-refractivity contribution in [2.45, 2.75) is 30.5 Å². The second-order valence-electron chi connectivity index (χ2n) is 2.90. The summed E-state index contributed by atoms with van der Waals surface area (Å²) in [6.45, 7) is -0.317. The van der Waals surface area contributed by atoms with Crippen molar-refractivity contribution in [1.82, 2.24) is 0 Å². The first-order valence-corrected chi connectivity index (χ1v) is 4.01. The summed E-state index contributed by atoms with van der Waals surface area (Å²) in [6.07, 6.45) is -8.65. The van der Waals surface area contributed by atoms with Crippen molar-refractivity contribution in [1.29, 1.82) is 0 Å². The van der Waals surface area contributed by atoms with Crippen LogP contribution in [0, 0.1) is 0 Å². The maximum Gasteiger partial charge on any atom is 0.151 e. The SMILES string of the molecule is NCC(O)C(O)C(O)C(O)C(O)C=O. The van der Waals surface area contributed by atoms with Crippen molar-refractivity contribution < 1.29 is 30.3 Å². The molecule has 0 bridgehead atoms. The van der Waals surface area contributed by atoms with E-state index in [-0.39, 0.29) is 12.8 Å². The van der Waals surface area contributed by atoms with Gasteiger partial charge in [0.05, 0.1) is 6.10 Å². The lowest BCUT2D eigenvalue weighted by molar-refractivity contribution is -0.143. The third kappa shape index (κ3) is 3.29. The predicted molar refractivity (Wildman–Crippen MR) is 45.2 cm³/mol. The van der Waals surface area contributed by atoms with E-state index < -0.39 is 30.5 Å². The Balaban J connectivity index is 4.29. The highest BCUT2D eigenvalue weighted by Gasteiger charge is 2.33. The molecule has 0 rings (SSSR count). The summed E-state index contributed by atoms with van der Waals surface area (Å²) in [5.41, 5.74) is 4.98. The van der Waals surface area contributed by atoms with Crippen molar-refractivity contribution in [3.05, 3.63) is 0 Å². The molecule has 0 aromatic heterocycles. The molecule has 0 fully saturated rings. The number of rotatable bonds is 6. The summed E-state index contributed by atoms with van der Waals surface area (Å²) in [4.78, 5) is 10.0. The number of carbonyl (C=O) groups excluding carboxylic acids is 1. The molecule has 0 aromatic carbocycles. The molecule has 7 nitrogen and oxygen atoms in total. The Kier molecular flexibility index (Phi) is 5.77. The van der Waals surface area contributed by atoms with Crippen LogP contribution in [0.5, 0.6) is 0 Å². The molecule has 0 heterocycles. The van der Waals surface area contributed by atoms with E-state index in [1.165, 1.54) is 0 Å². The summed E-state index contributed by atoms with van der Waals surface area (Å²) in [5, 5.41) is 45.1. The second kappa shape index (κ2) is 6.02. The van der Waals surface area contributed by atoms with E-state index in [4.69, 9.17) is 31.3 Å². The molecule has 0 aliphatic carbocycles. The standard InChI is InChI=1S/C7H15NO6/c8-1-3(10)5(12)7(14)6(13)4(11)2-9/h2-7,10-14H,1,8H2. The maximum atomic E-state index is 10.0. The molecule has 5 atom stereocenters. The van der Waals surface area contributed by atoms with Gasteiger partial charge in [-0.15, -0.1) is 0 Å². The van der Waals surface area contributed by atoms with Crippen LogP contribution in [-0.2, 0) is 4.79 Å². The van der Waals surface area contributed by atoms with Crippen LogP contribution in [0.15, 0.2) is 0 Å². The average Bonchev–Trinajstić information content (AvgIpc) is 2.23. The molecule has 84 valence electrons. The summed E-state index contributed by atoms with van der Waals surface area (Å²) in [7, 11) is 0. The number of aldehydes is 1. The number of hydrogen-bond donors (Lipinski definition) is 6. The summed E-state index contributed by atoms with van der Waals surface area (Å²) < 4.78 is 0. The summed E-state index contributed by atoms with van der Waals surface area (Å²) in [6, 6.07) is 0. The van der Waals surface area contributed by atoms with E-state index in [2.05, 4.69) is 0 Å². The van der Waals surface area contributed by atoms with Crippen molar-refractivity contribution in [2.24, 2.45) is 5.73 Å². The highest BCUT2D eigenvalue weighted by atomic mass is 16.4. The monoisotopic (exact) mass is 209 g/mol. The highest BCUT2D eigenvalue weighted by molar-refractivity contribution is 5.56. The normalized spacial score (nSPS) is 22.1. The van der Waals surface area contributed by atoms with E-state index in [0.29, 0.717) is 0 Å². The van der Waals surface area contributed by atoms with Gasteiger partial charge in [0, 0.05) is 6.54 Å². The average molecular weight is 209 g/mol. The lowest BCUT2D eigenvalue weighted by Gasteiger charge is -2.26. The lowest BCUT2D eigenvalue weighted by Crippen LogP contribution is -2.51. The second-order valence-corrected chi connectivity index (χ2v) is 2.90. The van der Waals surface area contributed by atoms with Crippen molar-refractivity contribution in [3.63, 3.8) is 0 Å². The number of aliphatic hydroxyl groups excluding tert-OH is 5. The molecule has 0 saturated heterocycles. The molecule has 0 saturated carbocycles. The van der Waals surface area contributed by atoms with Crippen LogP contribution in [-0.4, -0.2) is 68.9 Å². The van der Waals surface area contributed by atoms with Gasteiger partial charge in [-0.3, -0.25) is 0 Å². The van der Waals surface area contributed by atoms with Crippen LogP contribution in [0.2, 0.25) is 0 Å². The zero-order valence-corrected chi connectivity index (χ0v) is 7.39. The molecule has 7 N–H and O–H groups in total. The van der Waals surface area contributed by atoms with Gasteiger partial charge in [-0.2, -0.15) is 0 Å². The van der Waals surface area contributed by atoms with Crippen molar-refractivity contribution in [2.75, 3.05) is 6.54 Å². The molecule has 0 spiro atoms. The zero-order chi connectivity index (χ0) is 11.3. The fraction of sp³-hybridized carbons (Fsp3) is 0.857. The van der Waals surface area contributed by atoms with Crippen molar-refractivity contribution in [3.8, 4) is 0 Å². The fourth-order valence-corrected chi connectivity index (χ4v) is 0.852. The first kappa shape index (κ1) is 13.4. The summed E-state index contributed by atoms with van der Waals surface area (Å²) in [5.74, 6) is 0. The van der Waals surface area contributed by atoms with Gasteiger partial charge in [0.1, 0.15) is 24.4 Å². The number of nitrogens with two attached hydrogens (primary N) is 1. The molecule has 7 heteroatoms. The van der Waals surface area contributed by atoms with Crippen LogP contribution in [0.1, 0.15) is 0 Å². The molecule has 0 amide bonds. The van der Waals surface area contributed by atoms with Gasteiger partial charge in [-0.05, 0) is 0 Å². The van der Waals surface area contributed by atoms with E-state index in [1.807, 2.05) is 0 Å². The molecule has 0 aliphatic rings. The van der Waals surface area contributed by atoms with Crippen LogP contribution >= 0.6 is 0 Å². The number of hydrogen-bond acceptors (Lipinski definition) is 7. The van der Waals surface area contributed by atoms with Gasteiger partial charge in [-0.1, -0.05) is 0 Å². The minimum absolute atomic E-state index is 0.00936. The Labute approximate surface area is 80.4 Å².